The van der Waals surface area contributed by atoms with E-state index in [4.69, 9.17) is 14.6 Å². The van der Waals surface area contributed by atoms with Crippen molar-refractivity contribution in [1.82, 2.24) is 5.32 Å². The minimum atomic E-state index is -1.09. The van der Waals surface area contributed by atoms with E-state index in [1.165, 1.54) is 0 Å². The third-order valence-electron chi connectivity index (χ3n) is 2.63. The van der Waals surface area contributed by atoms with E-state index < -0.39 is 11.5 Å². The van der Waals surface area contributed by atoms with Gasteiger partial charge in [-0.3, -0.25) is 10.1 Å². The molecule has 0 aliphatic heterocycles. The molecule has 0 spiro atoms. The molecule has 1 unspecified atom stereocenters. The van der Waals surface area contributed by atoms with E-state index in [9.17, 15) is 4.79 Å². The van der Waals surface area contributed by atoms with Crippen LogP contribution in [0.1, 0.15) is 13.8 Å². The number of hydrogen-bond acceptors (Lipinski definition) is 4. The molecule has 5 nitrogen and oxygen atoms in total. The van der Waals surface area contributed by atoms with Crippen molar-refractivity contribution in [3.8, 4) is 11.5 Å². The Morgan fingerprint density at radius 2 is 1.89 bits per heavy atom. The molecule has 0 fully saturated rings. The van der Waals surface area contributed by atoms with E-state index >= 15 is 0 Å². The highest BCUT2D eigenvalue weighted by Gasteiger charge is 2.33. The summed E-state index contributed by atoms with van der Waals surface area (Å²) >= 11 is 0. The van der Waals surface area contributed by atoms with Crippen molar-refractivity contribution in [2.24, 2.45) is 0 Å². The van der Waals surface area contributed by atoms with Crippen molar-refractivity contribution in [2.45, 2.75) is 19.4 Å². The number of ether oxygens (including phenoxy) is 2. The minimum absolute atomic E-state index is 0.0580. The van der Waals surface area contributed by atoms with Crippen molar-refractivity contribution in [1.29, 1.82) is 0 Å². The van der Waals surface area contributed by atoms with Crippen molar-refractivity contribution < 1.29 is 19.4 Å². The summed E-state index contributed by atoms with van der Waals surface area (Å²) in [7, 11) is 1.59. The smallest absolute Gasteiger partial charge is 0.327 e. The Bertz CT molecular complexity index is 390. The van der Waals surface area contributed by atoms with Gasteiger partial charge in [0.15, 0.2) is 0 Å². The first-order chi connectivity index (χ1) is 8.51. The molecule has 0 aliphatic carbocycles. The highest BCUT2D eigenvalue weighted by Crippen LogP contribution is 2.18. The molecule has 0 saturated heterocycles. The van der Waals surface area contributed by atoms with Gasteiger partial charge in [-0.25, -0.2) is 0 Å². The maximum Gasteiger partial charge on any atom is 0.327 e. The number of rotatable bonds is 7. The summed E-state index contributed by atoms with van der Waals surface area (Å²) in [5.74, 6) is 0.411. The number of aliphatic carboxylic acids is 1. The highest BCUT2D eigenvalue weighted by molar-refractivity contribution is 5.78. The Morgan fingerprint density at radius 3 is 2.33 bits per heavy atom. The summed E-state index contributed by atoms with van der Waals surface area (Å²) in [6.45, 7) is 4.08. The second-order valence-corrected chi connectivity index (χ2v) is 4.13. The van der Waals surface area contributed by atoms with Gasteiger partial charge in [0.25, 0.3) is 0 Å². The lowest BCUT2D eigenvalue weighted by Crippen LogP contribution is -2.53. The number of nitrogens with one attached hydrogen (secondary N) is 1. The normalized spacial score (nSPS) is 13.7. The summed E-state index contributed by atoms with van der Waals surface area (Å²) in [5.41, 5.74) is -1.09. The van der Waals surface area contributed by atoms with Crippen LogP contribution in [0.25, 0.3) is 0 Å². The van der Waals surface area contributed by atoms with Crippen LogP contribution in [0.3, 0.4) is 0 Å². The van der Waals surface area contributed by atoms with Crippen molar-refractivity contribution >= 4 is 5.97 Å². The van der Waals surface area contributed by atoms with Crippen LogP contribution in [-0.4, -0.2) is 36.9 Å². The van der Waals surface area contributed by atoms with Gasteiger partial charge >= 0.3 is 5.97 Å². The fourth-order valence-electron chi connectivity index (χ4n) is 1.48. The lowest BCUT2D eigenvalue weighted by Gasteiger charge is -2.25. The number of hydrogen-bond donors (Lipinski definition) is 2. The molecular weight excluding hydrogens is 234 g/mol. The fraction of sp³-hybridized carbons (Fsp3) is 0.462. The van der Waals surface area contributed by atoms with E-state index in [0.717, 1.165) is 5.75 Å². The van der Waals surface area contributed by atoms with Crippen molar-refractivity contribution in [3.63, 3.8) is 0 Å². The van der Waals surface area contributed by atoms with Crippen LogP contribution < -0.4 is 14.8 Å². The van der Waals surface area contributed by atoms with Gasteiger partial charge in [-0.2, -0.15) is 0 Å². The monoisotopic (exact) mass is 253 g/mol. The van der Waals surface area contributed by atoms with Crippen LogP contribution in [0, 0.1) is 0 Å². The standard InChI is InChI=1S/C13H19NO4/c1-4-14-13(2,12(15)16)9-18-11-7-5-10(17-3)6-8-11/h5-8,14H,4,9H2,1-3H3,(H,15,16). The van der Waals surface area contributed by atoms with Crippen LogP contribution in [0.5, 0.6) is 11.5 Å². The largest absolute Gasteiger partial charge is 0.497 e. The van der Waals surface area contributed by atoms with Crippen LogP contribution >= 0.6 is 0 Å². The van der Waals surface area contributed by atoms with Gasteiger partial charge in [-0.1, -0.05) is 6.92 Å². The molecule has 0 amide bonds. The van der Waals surface area contributed by atoms with Crippen molar-refractivity contribution in [3.05, 3.63) is 24.3 Å². The lowest BCUT2D eigenvalue weighted by molar-refractivity contribution is -0.145. The summed E-state index contributed by atoms with van der Waals surface area (Å²) in [4.78, 5) is 11.2. The first-order valence-electron chi connectivity index (χ1n) is 5.77. The molecular formula is C13H19NO4. The summed E-state index contributed by atoms with van der Waals surface area (Å²) in [6.07, 6.45) is 0. The quantitative estimate of drug-likeness (QED) is 0.771. The first kappa shape index (κ1) is 14.3. The molecule has 18 heavy (non-hydrogen) atoms. The van der Waals surface area contributed by atoms with E-state index in [-0.39, 0.29) is 6.61 Å². The molecule has 0 saturated carbocycles. The SMILES string of the molecule is CCNC(C)(COc1ccc(OC)cc1)C(=O)O. The second kappa shape index (κ2) is 6.26. The number of likely N-dealkylation sites (N-methyl/N-ethyl adjacent to an activating group) is 1. The van der Waals surface area contributed by atoms with Gasteiger partial charge in [-0.15, -0.1) is 0 Å². The summed E-state index contributed by atoms with van der Waals surface area (Å²) < 4.78 is 10.5. The number of methoxy groups -OCH3 is 1. The van der Waals surface area contributed by atoms with Gasteiger partial charge in [0.2, 0.25) is 0 Å². The van der Waals surface area contributed by atoms with Gasteiger partial charge in [0, 0.05) is 0 Å². The predicted octanol–water partition coefficient (Wildman–Crippen LogP) is 1.53. The second-order valence-electron chi connectivity index (χ2n) is 4.13. The molecule has 1 rings (SSSR count). The Kier molecular flexibility index (Phi) is 4.97. The predicted molar refractivity (Wildman–Crippen MR) is 68.2 cm³/mol. The average molecular weight is 253 g/mol. The van der Waals surface area contributed by atoms with Crippen LogP contribution in [-0.2, 0) is 4.79 Å². The first-order valence-corrected chi connectivity index (χ1v) is 5.77. The molecule has 0 radical (unpaired) electrons. The molecule has 0 bridgehead atoms. The fourth-order valence-corrected chi connectivity index (χ4v) is 1.48. The number of carboxylic acids is 1. The molecule has 5 heteroatoms. The Morgan fingerprint density at radius 1 is 1.33 bits per heavy atom. The molecule has 1 aromatic rings. The third-order valence-corrected chi connectivity index (χ3v) is 2.63. The molecule has 100 valence electrons. The zero-order chi connectivity index (χ0) is 13.6. The zero-order valence-electron chi connectivity index (χ0n) is 10.9. The molecule has 0 aromatic heterocycles. The Balaban J connectivity index is 2.64. The molecule has 0 heterocycles. The van der Waals surface area contributed by atoms with E-state index in [1.54, 1.807) is 38.3 Å². The summed E-state index contributed by atoms with van der Waals surface area (Å²) in [6, 6.07) is 7.02. The van der Waals surface area contributed by atoms with Gasteiger partial charge in [-0.05, 0) is 37.7 Å². The highest BCUT2D eigenvalue weighted by atomic mass is 16.5. The van der Waals surface area contributed by atoms with E-state index in [1.807, 2.05) is 6.92 Å². The Hall–Kier alpha value is -1.75. The van der Waals surface area contributed by atoms with Crippen LogP contribution in [0.15, 0.2) is 24.3 Å². The number of benzene rings is 1. The van der Waals surface area contributed by atoms with E-state index in [2.05, 4.69) is 5.32 Å². The maximum absolute atomic E-state index is 11.2. The van der Waals surface area contributed by atoms with Gasteiger partial charge in [0.05, 0.1) is 7.11 Å². The van der Waals surface area contributed by atoms with Gasteiger partial charge in [0.1, 0.15) is 23.6 Å². The van der Waals surface area contributed by atoms with Crippen LogP contribution in [0.4, 0.5) is 0 Å². The number of carboxylic acid groups (broad SMARTS) is 1. The maximum atomic E-state index is 11.2. The Labute approximate surface area is 107 Å². The van der Waals surface area contributed by atoms with Crippen LogP contribution in [0.2, 0.25) is 0 Å². The average Bonchev–Trinajstić information content (AvgIpc) is 2.37. The topological polar surface area (TPSA) is 67.8 Å². The zero-order valence-corrected chi connectivity index (χ0v) is 10.9. The molecule has 1 aromatic carbocycles. The number of carbonyl (C=O) groups is 1. The molecule has 1 atom stereocenters. The van der Waals surface area contributed by atoms with E-state index in [0.29, 0.717) is 12.3 Å². The van der Waals surface area contributed by atoms with Crippen molar-refractivity contribution in [2.75, 3.05) is 20.3 Å². The molecule has 0 aliphatic rings. The molecule has 2 N–H and O–H groups in total. The summed E-state index contributed by atoms with van der Waals surface area (Å²) in [5, 5.41) is 12.1. The minimum Gasteiger partial charge on any atom is -0.497 e. The lowest BCUT2D eigenvalue weighted by atomic mass is 10.0. The van der Waals surface area contributed by atoms with Gasteiger partial charge < -0.3 is 14.6 Å². The third kappa shape index (κ3) is 3.63.